The van der Waals surface area contributed by atoms with Crippen LogP contribution in [0.15, 0.2) is 30.3 Å². The standard InChI is InChI=1S/C18H16O4/c1-9(2)22-14-6-4-5-11-16(14)18(21)15-12(17(11)20)7-10(3)8-13(15)19/h4-9,19H,1-3H3. The molecular weight excluding hydrogens is 280 g/mol. The molecule has 0 spiro atoms. The number of carbonyl (C=O) groups excluding carboxylic acids is 2. The minimum absolute atomic E-state index is 0.0582. The van der Waals surface area contributed by atoms with Gasteiger partial charge >= 0.3 is 0 Å². The van der Waals surface area contributed by atoms with Crippen molar-refractivity contribution < 1.29 is 19.4 Å². The van der Waals surface area contributed by atoms with Crippen LogP contribution in [0.3, 0.4) is 0 Å². The zero-order chi connectivity index (χ0) is 16.0. The van der Waals surface area contributed by atoms with Gasteiger partial charge in [-0.15, -0.1) is 0 Å². The lowest BCUT2D eigenvalue weighted by Gasteiger charge is -2.22. The quantitative estimate of drug-likeness (QED) is 0.788. The van der Waals surface area contributed by atoms with E-state index in [1.807, 2.05) is 13.8 Å². The van der Waals surface area contributed by atoms with Gasteiger partial charge in [-0.3, -0.25) is 9.59 Å². The van der Waals surface area contributed by atoms with Crippen LogP contribution in [0, 0.1) is 6.92 Å². The Labute approximate surface area is 128 Å². The molecule has 2 aromatic rings. The van der Waals surface area contributed by atoms with Crippen LogP contribution < -0.4 is 4.74 Å². The van der Waals surface area contributed by atoms with E-state index in [1.54, 1.807) is 31.2 Å². The minimum Gasteiger partial charge on any atom is -0.507 e. The SMILES string of the molecule is Cc1cc(O)c2c(c1)C(=O)c1cccc(OC(C)C)c1C2=O. The summed E-state index contributed by atoms with van der Waals surface area (Å²) in [5, 5.41) is 10.1. The fourth-order valence-corrected chi connectivity index (χ4v) is 2.76. The lowest BCUT2D eigenvalue weighted by atomic mass is 9.82. The number of phenolic OH excluding ortho intramolecular Hbond substituents is 1. The predicted octanol–water partition coefficient (Wildman–Crippen LogP) is 3.26. The number of hydrogen-bond donors (Lipinski definition) is 1. The van der Waals surface area contributed by atoms with Gasteiger partial charge in [0.15, 0.2) is 5.78 Å². The highest BCUT2D eigenvalue weighted by atomic mass is 16.5. The zero-order valence-corrected chi connectivity index (χ0v) is 12.6. The van der Waals surface area contributed by atoms with E-state index in [1.165, 1.54) is 6.07 Å². The molecule has 0 bridgehead atoms. The average molecular weight is 296 g/mol. The number of benzene rings is 2. The van der Waals surface area contributed by atoms with Gasteiger partial charge in [0, 0.05) is 11.1 Å². The highest BCUT2D eigenvalue weighted by molar-refractivity contribution is 6.30. The highest BCUT2D eigenvalue weighted by Gasteiger charge is 2.34. The van der Waals surface area contributed by atoms with E-state index in [2.05, 4.69) is 0 Å². The van der Waals surface area contributed by atoms with E-state index in [-0.39, 0.29) is 40.1 Å². The zero-order valence-electron chi connectivity index (χ0n) is 12.6. The Hall–Kier alpha value is -2.62. The molecule has 22 heavy (non-hydrogen) atoms. The number of carbonyl (C=O) groups is 2. The summed E-state index contributed by atoms with van der Waals surface area (Å²) in [4.78, 5) is 25.5. The van der Waals surface area contributed by atoms with Gasteiger partial charge in [0.1, 0.15) is 11.5 Å². The Morgan fingerprint density at radius 3 is 2.41 bits per heavy atom. The Morgan fingerprint density at radius 2 is 1.73 bits per heavy atom. The molecule has 4 nitrogen and oxygen atoms in total. The smallest absolute Gasteiger partial charge is 0.201 e. The molecule has 1 aliphatic carbocycles. The Morgan fingerprint density at radius 1 is 1.00 bits per heavy atom. The van der Waals surface area contributed by atoms with Crippen molar-refractivity contribution in [1.29, 1.82) is 0 Å². The molecule has 0 saturated carbocycles. The summed E-state index contributed by atoms with van der Waals surface area (Å²) >= 11 is 0. The van der Waals surface area contributed by atoms with Crippen molar-refractivity contribution in [3.63, 3.8) is 0 Å². The number of fused-ring (bicyclic) bond motifs is 2. The number of phenols is 1. The van der Waals surface area contributed by atoms with Crippen molar-refractivity contribution in [2.75, 3.05) is 0 Å². The second kappa shape index (κ2) is 4.98. The van der Waals surface area contributed by atoms with Crippen LogP contribution in [0.5, 0.6) is 11.5 Å². The van der Waals surface area contributed by atoms with Crippen LogP contribution in [0.2, 0.25) is 0 Å². The lowest BCUT2D eigenvalue weighted by Crippen LogP contribution is -2.23. The first-order chi connectivity index (χ1) is 10.4. The molecule has 2 aromatic carbocycles. The van der Waals surface area contributed by atoms with E-state index >= 15 is 0 Å². The number of rotatable bonds is 2. The highest BCUT2D eigenvalue weighted by Crippen LogP contribution is 2.37. The summed E-state index contributed by atoms with van der Waals surface area (Å²) in [5.74, 6) is -0.439. The number of aryl methyl sites for hydroxylation is 1. The molecule has 0 radical (unpaired) electrons. The number of ether oxygens (including phenoxy) is 1. The van der Waals surface area contributed by atoms with Crippen LogP contribution in [-0.2, 0) is 0 Å². The Bertz CT molecular complexity index is 803. The number of ketones is 2. The van der Waals surface area contributed by atoms with E-state index in [0.717, 1.165) is 5.56 Å². The topological polar surface area (TPSA) is 63.6 Å². The predicted molar refractivity (Wildman–Crippen MR) is 81.9 cm³/mol. The molecule has 0 fully saturated rings. The van der Waals surface area contributed by atoms with Gasteiger partial charge in [-0.1, -0.05) is 12.1 Å². The first-order valence-electron chi connectivity index (χ1n) is 7.13. The minimum atomic E-state index is -0.377. The van der Waals surface area contributed by atoms with Crippen molar-refractivity contribution in [1.82, 2.24) is 0 Å². The van der Waals surface area contributed by atoms with Gasteiger partial charge in [-0.25, -0.2) is 0 Å². The van der Waals surface area contributed by atoms with Crippen LogP contribution in [-0.4, -0.2) is 22.8 Å². The molecule has 112 valence electrons. The summed E-state index contributed by atoms with van der Waals surface area (Å²) in [6, 6.07) is 8.10. The molecule has 0 amide bonds. The van der Waals surface area contributed by atoms with Crippen molar-refractivity contribution in [2.24, 2.45) is 0 Å². The second-order valence-electron chi connectivity index (χ2n) is 5.71. The molecule has 4 heteroatoms. The first kappa shape index (κ1) is 14.3. The third-order valence-electron chi connectivity index (χ3n) is 3.59. The van der Waals surface area contributed by atoms with E-state index in [9.17, 15) is 14.7 Å². The van der Waals surface area contributed by atoms with Gasteiger partial charge in [0.2, 0.25) is 5.78 Å². The molecular formula is C18H16O4. The summed E-state index contributed by atoms with van der Waals surface area (Å²) in [6.45, 7) is 5.47. The van der Waals surface area contributed by atoms with Crippen molar-refractivity contribution >= 4 is 11.6 Å². The molecule has 0 saturated heterocycles. The normalized spacial score (nSPS) is 13.1. The van der Waals surface area contributed by atoms with Gasteiger partial charge in [-0.2, -0.15) is 0 Å². The third-order valence-corrected chi connectivity index (χ3v) is 3.59. The molecule has 0 atom stereocenters. The molecule has 1 aliphatic rings. The van der Waals surface area contributed by atoms with E-state index in [4.69, 9.17) is 4.74 Å². The van der Waals surface area contributed by atoms with Gasteiger partial charge in [0.05, 0.1) is 17.2 Å². The van der Waals surface area contributed by atoms with Gasteiger partial charge in [-0.05, 0) is 44.5 Å². The maximum Gasteiger partial charge on any atom is 0.201 e. The molecule has 0 unspecified atom stereocenters. The van der Waals surface area contributed by atoms with E-state index < -0.39 is 0 Å². The van der Waals surface area contributed by atoms with Crippen LogP contribution in [0.25, 0.3) is 0 Å². The Balaban J connectivity index is 2.27. The monoisotopic (exact) mass is 296 g/mol. The number of hydrogen-bond acceptors (Lipinski definition) is 4. The summed E-state index contributed by atoms with van der Waals surface area (Å²) in [5.41, 5.74) is 1.59. The summed E-state index contributed by atoms with van der Waals surface area (Å²) < 4.78 is 5.66. The van der Waals surface area contributed by atoms with Crippen molar-refractivity contribution in [3.8, 4) is 11.5 Å². The van der Waals surface area contributed by atoms with Crippen LogP contribution in [0.1, 0.15) is 51.3 Å². The van der Waals surface area contributed by atoms with Crippen molar-refractivity contribution in [2.45, 2.75) is 26.9 Å². The summed E-state index contributed by atoms with van der Waals surface area (Å²) in [6.07, 6.45) is -0.123. The van der Waals surface area contributed by atoms with Gasteiger partial charge in [0.25, 0.3) is 0 Å². The van der Waals surface area contributed by atoms with E-state index in [0.29, 0.717) is 11.3 Å². The fraction of sp³-hybridized carbons (Fsp3) is 0.222. The maximum atomic E-state index is 12.8. The largest absolute Gasteiger partial charge is 0.507 e. The maximum absolute atomic E-state index is 12.8. The lowest BCUT2D eigenvalue weighted by molar-refractivity contribution is 0.0971. The first-order valence-corrected chi connectivity index (χ1v) is 7.13. The molecule has 0 aromatic heterocycles. The molecule has 0 heterocycles. The third kappa shape index (κ3) is 2.08. The van der Waals surface area contributed by atoms with Crippen molar-refractivity contribution in [3.05, 3.63) is 58.1 Å². The average Bonchev–Trinajstić information content (AvgIpc) is 2.43. The summed E-state index contributed by atoms with van der Waals surface area (Å²) in [7, 11) is 0. The van der Waals surface area contributed by atoms with Crippen LogP contribution >= 0.6 is 0 Å². The molecule has 0 aliphatic heterocycles. The molecule has 1 N–H and O–H groups in total. The second-order valence-corrected chi connectivity index (χ2v) is 5.71. The van der Waals surface area contributed by atoms with Crippen LogP contribution in [0.4, 0.5) is 0 Å². The Kier molecular flexibility index (Phi) is 3.24. The fourth-order valence-electron chi connectivity index (χ4n) is 2.76. The number of aromatic hydroxyl groups is 1. The molecule has 3 rings (SSSR count). The van der Waals surface area contributed by atoms with Gasteiger partial charge < -0.3 is 9.84 Å².